The van der Waals surface area contributed by atoms with Gasteiger partial charge in [-0.2, -0.15) is 0 Å². The fourth-order valence-electron chi connectivity index (χ4n) is 7.11. The van der Waals surface area contributed by atoms with Crippen molar-refractivity contribution in [2.45, 2.75) is 92.4 Å². The molecule has 0 spiro atoms. The van der Waals surface area contributed by atoms with Gasteiger partial charge in [-0.25, -0.2) is 0 Å². The van der Waals surface area contributed by atoms with E-state index in [1.54, 1.807) is 38.5 Å². The molecule has 0 saturated heterocycles. The van der Waals surface area contributed by atoms with Crippen molar-refractivity contribution in [1.29, 1.82) is 0 Å². The van der Waals surface area contributed by atoms with Gasteiger partial charge in [-0.1, -0.05) is 53.9 Å². The van der Waals surface area contributed by atoms with E-state index >= 15 is 0 Å². The number of hydrogen-bond acceptors (Lipinski definition) is 0. The molecule has 4 saturated carbocycles. The van der Waals surface area contributed by atoms with Crippen LogP contribution in [0.25, 0.3) is 0 Å². The molecule has 0 heterocycles. The second-order valence-electron chi connectivity index (χ2n) is 9.14. The summed E-state index contributed by atoms with van der Waals surface area (Å²) in [5, 5.41) is 0. The van der Waals surface area contributed by atoms with Crippen molar-refractivity contribution in [2.24, 2.45) is 27.6 Å². The van der Waals surface area contributed by atoms with Crippen LogP contribution in [0.1, 0.15) is 92.4 Å². The van der Waals surface area contributed by atoms with Gasteiger partial charge in [0.15, 0.2) is 0 Å². The largest absolute Gasteiger partial charge is 0.0649 e. The highest BCUT2D eigenvalue weighted by Gasteiger charge is 2.66. The van der Waals surface area contributed by atoms with E-state index in [-0.39, 0.29) is 0 Å². The van der Waals surface area contributed by atoms with E-state index in [9.17, 15) is 0 Å². The molecule has 0 N–H and O–H groups in total. The van der Waals surface area contributed by atoms with Crippen LogP contribution >= 0.6 is 0 Å². The Morgan fingerprint density at radius 3 is 1.16 bits per heavy atom. The van der Waals surface area contributed by atoms with Crippen molar-refractivity contribution < 1.29 is 0 Å². The zero-order valence-corrected chi connectivity index (χ0v) is 13.9. The molecule has 4 bridgehead atoms. The predicted octanol–water partition coefficient (Wildman–Crippen LogP) is 6.20. The Hall–Kier alpha value is 0. The molecule has 110 valence electrons. The molecule has 0 atom stereocenters. The van der Waals surface area contributed by atoms with Gasteiger partial charge in [0.25, 0.3) is 0 Å². The Bertz CT molecular complexity index is 306. The molecule has 0 aromatic rings. The molecule has 0 aromatic carbocycles. The van der Waals surface area contributed by atoms with Crippen LogP contribution in [0.15, 0.2) is 0 Å². The lowest BCUT2D eigenvalue weighted by molar-refractivity contribution is -0.218. The number of rotatable bonds is 4. The molecular weight excluding hydrogens is 228 g/mol. The first kappa shape index (κ1) is 14.0. The Kier molecular flexibility index (Phi) is 2.95. The first-order chi connectivity index (χ1) is 8.87. The van der Waals surface area contributed by atoms with E-state index in [0.717, 1.165) is 5.92 Å². The van der Waals surface area contributed by atoms with Crippen molar-refractivity contribution >= 4 is 0 Å². The van der Waals surface area contributed by atoms with E-state index in [2.05, 4.69) is 34.6 Å². The summed E-state index contributed by atoms with van der Waals surface area (Å²) in [7, 11) is 0. The molecule has 0 amide bonds. The maximum absolute atomic E-state index is 2.52. The third-order valence-corrected chi connectivity index (χ3v) is 7.91. The van der Waals surface area contributed by atoms with Crippen LogP contribution in [0.5, 0.6) is 0 Å². The summed E-state index contributed by atoms with van der Waals surface area (Å²) >= 11 is 0. The zero-order chi connectivity index (χ0) is 13.9. The van der Waals surface area contributed by atoms with Crippen LogP contribution in [-0.2, 0) is 0 Å². The average Bonchev–Trinajstić information content (AvgIpc) is 2.37. The van der Waals surface area contributed by atoms with E-state index in [0.29, 0.717) is 21.7 Å². The maximum atomic E-state index is 2.52. The highest BCUT2D eigenvalue weighted by Crippen LogP contribution is 2.77. The minimum absolute atomic E-state index is 0.691. The second-order valence-corrected chi connectivity index (χ2v) is 9.14. The van der Waals surface area contributed by atoms with Gasteiger partial charge < -0.3 is 0 Å². The van der Waals surface area contributed by atoms with Crippen molar-refractivity contribution in [3.8, 4) is 0 Å². The lowest BCUT2D eigenvalue weighted by atomic mass is 9.33. The maximum Gasteiger partial charge on any atom is -0.0259 e. The Labute approximate surface area is 120 Å². The summed E-state index contributed by atoms with van der Waals surface area (Å²) < 4.78 is 0. The zero-order valence-electron chi connectivity index (χ0n) is 13.9. The van der Waals surface area contributed by atoms with Gasteiger partial charge in [0.05, 0.1) is 0 Å². The topological polar surface area (TPSA) is 0 Å². The summed E-state index contributed by atoms with van der Waals surface area (Å²) in [6.45, 7) is 12.5. The van der Waals surface area contributed by atoms with Crippen LogP contribution in [0.3, 0.4) is 0 Å². The van der Waals surface area contributed by atoms with Gasteiger partial charge in [0.1, 0.15) is 0 Å². The number of hydrogen-bond donors (Lipinski definition) is 0. The summed E-state index contributed by atoms with van der Waals surface area (Å²) in [5.74, 6) is 0.885. The lowest BCUT2D eigenvalue weighted by Gasteiger charge is -2.72. The molecular formula is C19H34. The molecule has 4 rings (SSSR count). The Balaban J connectivity index is 2.09. The average molecular weight is 262 g/mol. The molecule has 0 radical (unpaired) electrons. The van der Waals surface area contributed by atoms with Crippen molar-refractivity contribution in [3.63, 3.8) is 0 Å². The monoisotopic (exact) mass is 262 g/mol. The highest BCUT2D eigenvalue weighted by molar-refractivity contribution is 5.17. The van der Waals surface area contributed by atoms with Gasteiger partial charge in [0, 0.05) is 0 Å². The van der Waals surface area contributed by atoms with E-state index in [1.165, 1.54) is 19.3 Å². The van der Waals surface area contributed by atoms with Crippen LogP contribution in [-0.4, -0.2) is 0 Å². The van der Waals surface area contributed by atoms with E-state index in [1.807, 2.05) is 0 Å². The van der Waals surface area contributed by atoms with Crippen LogP contribution in [0.4, 0.5) is 0 Å². The fraction of sp³-hybridized carbons (Fsp3) is 1.00. The molecule has 0 nitrogen and oxygen atoms in total. The molecule has 0 heteroatoms. The Morgan fingerprint density at radius 2 is 0.947 bits per heavy atom. The van der Waals surface area contributed by atoms with E-state index < -0.39 is 0 Å². The SMILES string of the molecule is CCC12CC3(CC)CC(CC)(C1)CC(C(C)C)(C2)C3. The minimum atomic E-state index is 0.691. The van der Waals surface area contributed by atoms with Crippen molar-refractivity contribution in [1.82, 2.24) is 0 Å². The van der Waals surface area contributed by atoms with Gasteiger partial charge in [0.2, 0.25) is 0 Å². The molecule has 0 aromatic heterocycles. The van der Waals surface area contributed by atoms with Crippen molar-refractivity contribution in [2.75, 3.05) is 0 Å². The molecule has 4 aliphatic carbocycles. The second kappa shape index (κ2) is 4.01. The van der Waals surface area contributed by atoms with Crippen LogP contribution < -0.4 is 0 Å². The highest BCUT2D eigenvalue weighted by atomic mass is 14.7. The quantitative estimate of drug-likeness (QED) is 0.566. The molecule has 0 aliphatic heterocycles. The lowest BCUT2D eigenvalue weighted by Crippen LogP contribution is -2.62. The smallest absolute Gasteiger partial charge is 0.0259 e. The molecule has 0 unspecified atom stereocenters. The Morgan fingerprint density at radius 1 is 0.632 bits per heavy atom. The van der Waals surface area contributed by atoms with Gasteiger partial charge in [-0.05, 0) is 66.1 Å². The van der Waals surface area contributed by atoms with Gasteiger partial charge >= 0.3 is 0 Å². The van der Waals surface area contributed by atoms with Gasteiger partial charge in [-0.15, -0.1) is 0 Å². The summed E-state index contributed by atoms with van der Waals surface area (Å²) in [4.78, 5) is 0. The normalized spacial score (nSPS) is 52.1. The summed E-state index contributed by atoms with van der Waals surface area (Å²) in [6.07, 6.45) is 13.6. The first-order valence-corrected chi connectivity index (χ1v) is 8.87. The van der Waals surface area contributed by atoms with Gasteiger partial charge in [-0.3, -0.25) is 0 Å². The molecule has 19 heavy (non-hydrogen) atoms. The summed E-state index contributed by atoms with van der Waals surface area (Å²) in [5.41, 5.74) is 2.83. The first-order valence-electron chi connectivity index (χ1n) is 8.87. The van der Waals surface area contributed by atoms with Crippen molar-refractivity contribution in [3.05, 3.63) is 0 Å². The molecule has 4 fully saturated rings. The fourth-order valence-corrected chi connectivity index (χ4v) is 7.11. The summed E-state index contributed by atoms with van der Waals surface area (Å²) in [6, 6.07) is 0. The third-order valence-electron chi connectivity index (χ3n) is 7.91. The van der Waals surface area contributed by atoms with Crippen LogP contribution in [0, 0.1) is 27.6 Å². The van der Waals surface area contributed by atoms with E-state index in [4.69, 9.17) is 0 Å². The van der Waals surface area contributed by atoms with Crippen LogP contribution in [0.2, 0.25) is 0 Å². The standard InChI is InChI=1S/C19H34/c1-6-16-9-17(7-2)11-18(8-3,10-16)14-19(12-16,13-17)15(4)5/h15H,6-14H2,1-5H3. The third kappa shape index (κ3) is 1.77. The predicted molar refractivity (Wildman–Crippen MR) is 83.1 cm³/mol. The molecule has 4 aliphatic rings. The minimum Gasteiger partial charge on any atom is -0.0649 e.